The van der Waals surface area contributed by atoms with Gasteiger partial charge in [-0.25, -0.2) is 0 Å². The number of allylic oxidation sites excluding steroid dienone is 7. The van der Waals surface area contributed by atoms with Gasteiger partial charge in [-0.05, 0) is 86.1 Å². The van der Waals surface area contributed by atoms with Crippen molar-refractivity contribution in [1.82, 2.24) is 0 Å². The summed E-state index contributed by atoms with van der Waals surface area (Å²) >= 11 is 0. The highest BCUT2D eigenvalue weighted by Gasteiger charge is 2.01. The van der Waals surface area contributed by atoms with E-state index in [-0.39, 0.29) is 5.97 Å². The fourth-order valence-electron chi connectivity index (χ4n) is 2.33. The average molecular weight is 347 g/mol. The number of esters is 1. The number of carbonyl (C=O) groups is 1. The third kappa shape index (κ3) is 17.1. The Kier molecular flexibility index (Phi) is 13.8. The number of hydrogen-bond acceptors (Lipinski definition) is 2. The highest BCUT2D eigenvalue weighted by Crippen LogP contribution is 2.10. The van der Waals surface area contributed by atoms with Gasteiger partial charge in [0.2, 0.25) is 0 Å². The molecule has 25 heavy (non-hydrogen) atoms. The van der Waals surface area contributed by atoms with Gasteiger partial charge in [0.1, 0.15) is 6.61 Å². The van der Waals surface area contributed by atoms with Gasteiger partial charge in [-0.2, -0.15) is 0 Å². The summed E-state index contributed by atoms with van der Waals surface area (Å²) in [6.07, 6.45) is 15.4. The van der Waals surface area contributed by atoms with Crippen LogP contribution in [0.5, 0.6) is 0 Å². The molecule has 0 radical (unpaired) electrons. The number of carbonyl (C=O) groups excluding carboxylic acids is 1. The molecule has 0 aliphatic heterocycles. The van der Waals surface area contributed by atoms with Gasteiger partial charge >= 0.3 is 5.97 Å². The molecule has 142 valence electrons. The fourth-order valence-corrected chi connectivity index (χ4v) is 2.33. The van der Waals surface area contributed by atoms with Crippen LogP contribution in [0.1, 0.15) is 86.5 Å². The lowest BCUT2D eigenvalue weighted by atomic mass is 10.1. The number of ether oxygens (including phenoxy) is 1. The van der Waals surface area contributed by atoms with Crippen LogP contribution in [-0.2, 0) is 9.53 Å². The number of unbranched alkanes of at least 4 members (excludes halogenated alkanes) is 1. The monoisotopic (exact) mass is 346 g/mol. The van der Waals surface area contributed by atoms with E-state index in [1.807, 2.05) is 6.08 Å². The summed E-state index contributed by atoms with van der Waals surface area (Å²) < 4.78 is 5.28. The van der Waals surface area contributed by atoms with Crippen LogP contribution in [0.3, 0.4) is 0 Å². The van der Waals surface area contributed by atoms with Gasteiger partial charge in [-0.3, -0.25) is 4.79 Å². The minimum absolute atomic E-state index is 0.0936. The molecule has 0 unspecified atom stereocenters. The van der Waals surface area contributed by atoms with Crippen molar-refractivity contribution >= 4 is 5.97 Å². The molecule has 0 aromatic heterocycles. The Bertz CT molecular complexity index is 496. The van der Waals surface area contributed by atoms with Crippen LogP contribution >= 0.6 is 0 Å². The molecule has 0 aliphatic carbocycles. The Morgan fingerprint density at radius 2 is 1.20 bits per heavy atom. The first-order chi connectivity index (χ1) is 11.8. The van der Waals surface area contributed by atoms with Gasteiger partial charge in [0.25, 0.3) is 0 Å². The van der Waals surface area contributed by atoms with E-state index in [1.54, 1.807) is 0 Å². The zero-order valence-electron chi connectivity index (χ0n) is 17.3. The molecular weight excluding hydrogens is 308 g/mol. The molecule has 2 heteroatoms. The summed E-state index contributed by atoms with van der Waals surface area (Å²) in [7, 11) is 0. The van der Waals surface area contributed by atoms with Gasteiger partial charge in [0.05, 0.1) is 0 Å². The van der Waals surface area contributed by atoms with Crippen LogP contribution in [0, 0.1) is 0 Å². The lowest BCUT2D eigenvalue weighted by molar-refractivity contribution is -0.142. The second-order valence-corrected chi connectivity index (χ2v) is 7.32. The third-order valence-electron chi connectivity index (χ3n) is 3.94. The number of hydrogen-bond donors (Lipinski definition) is 0. The van der Waals surface area contributed by atoms with Crippen molar-refractivity contribution in [2.75, 3.05) is 6.61 Å². The SMILES string of the molecule is CC(C)=CCC/C(C)=C/CCCC(=O)OC/C=C(\C)CCC=C(C)C. The van der Waals surface area contributed by atoms with Crippen LogP contribution in [0.2, 0.25) is 0 Å². The maximum atomic E-state index is 11.7. The predicted molar refractivity (Wildman–Crippen MR) is 110 cm³/mol. The van der Waals surface area contributed by atoms with E-state index in [9.17, 15) is 4.79 Å². The van der Waals surface area contributed by atoms with Crippen molar-refractivity contribution < 1.29 is 9.53 Å². The van der Waals surface area contributed by atoms with Gasteiger partial charge < -0.3 is 4.74 Å². The normalized spacial score (nSPS) is 11.9. The lowest BCUT2D eigenvalue weighted by Gasteiger charge is -2.03. The molecule has 0 aromatic carbocycles. The molecule has 0 heterocycles. The molecule has 0 saturated carbocycles. The molecule has 0 aromatic rings. The second kappa shape index (κ2) is 14.7. The average Bonchev–Trinajstić information content (AvgIpc) is 2.51. The summed E-state index contributed by atoms with van der Waals surface area (Å²) in [6, 6.07) is 0. The zero-order chi connectivity index (χ0) is 19.1. The largest absolute Gasteiger partial charge is 0.461 e. The Morgan fingerprint density at radius 3 is 1.72 bits per heavy atom. The van der Waals surface area contributed by atoms with Crippen LogP contribution in [0.15, 0.2) is 46.6 Å². The fraction of sp³-hybridized carbons (Fsp3) is 0.609. The van der Waals surface area contributed by atoms with Crippen LogP contribution < -0.4 is 0 Å². The molecule has 0 spiro atoms. The van der Waals surface area contributed by atoms with E-state index in [4.69, 9.17) is 4.74 Å². The standard InChI is InChI=1S/C23H38O2/c1-19(2)11-9-14-21(5)13-7-8-16-23(24)25-18-17-22(6)15-10-12-20(3)4/h11-13,17H,7-10,14-16,18H2,1-6H3/b21-13+,22-17+. The first-order valence-corrected chi connectivity index (χ1v) is 9.55. The van der Waals surface area contributed by atoms with Gasteiger partial charge in [0, 0.05) is 6.42 Å². The molecule has 2 nitrogen and oxygen atoms in total. The van der Waals surface area contributed by atoms with Crippen LogP contribution in [0.4, 0.5) is 0 Å². The van der Waals surface area contributed by atoms with Gasteiger partial charge in [-0.15, -0.1) is 0 Å². The zero-order valence-corrected chi connectivity index (χ0v) is 17.3. The van der Waals surface area contributed by atoms with Gasteiger partial charge in [-0.1, -0.05) is 40.5 Å². The Hall–Kier alpha value is -1.57. The molecule has 0 atom stereocenters. The van der Waals surface area contributed by atoms with Crippen molar-refractivity contribution in [2.45, 2.75) is 86.5 Å². The lowest BCUT2D eigenvalue weighted by Crippen LogP contribution is -2.04. The molecule has 0 bridgehead atoms. The summed E-state index contributed by atoms with van der Waals surface area (Å²) in [5.41, 5.74) is 5.40. The minimum Gasteiger partial charge on any atom is -0.461 e. The van der Waals surface area contributed by atoms with Crippen LogP contribution in [0.25, 0.3) is 0 Å². The smallest absolute Gasteiger partial charge is 0.306 e. The van der Waals surface area contributed by atoms with Crippen molar-refractivity contribution in [1.29, 1.82) is 0 Å². The summed E-state index contributed by atoms with van der Waals surface area (Å²) in [5, 5.41) is 0. The second-order valence-electron chi connectivity index (χ2n) is 7.32. The summed E-state index contributed by atoms with van der Waals surface area (Å²) in [5.74, 6) is -0.0936. The highest BCUT2D eigenvalue weighted by molar-refractivity contribution is 5.69. The van der Waals surface area contributed by atoms with Crippen LogP contribution in [-0.4, -0.2) is 12.6 Å². The summed E-state index contributed by atoms with van der Waals surface area (Å²) in [6.45, 7) is 13.1. The highest BCUT2D eigenvalue weighted by atomic mass is 16.5. The van der Waals surface area contributed by atoms with Crippen molar-refractivity contribution in [3.05, 3.63) is 46.6 Å². The molecule has 0 amide bonds. The van der Waals surface area contributed by atoms with Crippen molar-refractivity contribution in [3.8, 4) is 0 Å². The van der Waals surface area contributed by atoms with E-state index >= 15 is 0 Å². The van der Waals surface area contributed by atoms with Crippen molar-refractivity contribution in [2.24, 2.45) is 0 Å². The molecule has 0 saturated heterocycles. The quantitative estimate of drug-likeness (QED) is 0.214. The van der Waals surface area contributed by atoms with E-state index in [0.717, 1.165) is 38.5 Å². The van der Waals surface area contributed by atoms with E-state index in [2.05, 4.69) is 59.8 Å². The Morgan fingerprint density at radius 1 is 0.680 bits per heavy atom. The number of rotatable bonds is 12. The predicted octanol–water partition coefficient (Wildman–Crippen LogP) is 7.09. The Balaban J connectivity index is 3.83. The molecule has 0 rings (SSSR count). The Labute approximate surface area is 155 Å². The van der Waals surface area contributed by atoms with Gasteiger partial charge in [0.15, 0.2) is 0 Å². The van der Waals surface area contributed by atoms with E-state index < -0.39 is 0 Å². The van der Waals surface area contributed by atoms with Crippen molar-refractivity contribution in [3.63, 3.8) is 0 Å². The molecule has 0 fully saturated rings. The maximum absolute atomic E-state index is 11.7. The molecule has 0 N–H and O–H groups in total. The topological polar surface area (TPSA) is 26.3 Å². The first kappa shape index (κ1) is 23.4. The molecular formula is C23H38O2. The third-order valence-corrected chi connectivity index (χ3v) is 3.94. The summed E-state index contributed by atoms with van der Waals surface area (Å²) in [4.78, 5) is 11.7. The van der Waals surface area contributed by atoms with E-state index in [1.165, 1.54) is 22.3 Å². The minimum atomic E-state index is -0.0936. The van der Waals surface area contributed by atoms with E-state index in [0.29, 0.717) is 13.0 Å². The first-order valence-electron chi connectivity index (χ1n) is 9.55. The molecule has 0 aliphatic rings. The maximum Gasteiger partial charge on any atom is 0.306 e.